The number of methoxy groups -OCH3 is 1. The smallest absolute Gasteiger partial charge is 0.337 e. The Labute approximate surface area is 214 Å². The molecule has 5 rings (SSSR count). The van der Waals surface area contributed by atoms with Crippen molar-refractivity contribution in [1.82, 2.24) is 9.55 Å². The van der Waals surface area contributed by atoms with Crippen LogP contribution in [0.1, 0.15) is 50.8 Å². The van der Waals surface area contributed by atoms with E-state index < -0.39 is 0 Å². The second kappa shape index (κ2) is 9.14. The molecule has 1 aliphatic rings. The lowest BCUT2D eigenvalue weighted by atomic mass is 9.95. The highest BCUT2D eigenvalue weighted by Crippen LogP contribution is 2.44. The SMILES string of the molecule is COC(=O)c1cccc(Cn2cc(C=C3C(C)=C(C#N)c4nc(N)c(C#N)c(C)c43)c3ccccc32)c1. The second-order valence-electron chi connectivity index (χ2n) is 8.92. The van der Waals surface area contributed by atoms with Gasteiger partial charge in [-0.15, -0.1) is 0 Å². The minimum Gasteiger partial charge on any atom is -0.465 e. The number of para-hydroxylation sites is 1. The van der Waals surface area contributed by atoms with Crippen LogP contribution >= 0.6 is 0 Å². The molecular weight excluding hydrogens is 462 g/mol. The summed E-state index contributed by atoms with van der Waals surface area (Å²) in [5.74, 6) is -0.243. The van der Waals surface area contributed by atoms with Gasteiger partial charge in [-0.3, -0.25) is 0 Å². The van der Waals surface area contributed by atoms with Crippen LogP contribution in [0.15, 0.2) is 60.3 Å². The van der Waals surface area contributed by atoms with Gasteiger partial charge in [-0.25, -0.2) is 9.78 Å². The van der Waals surface area contributed by atoms with E-state index in [0.717, 1.165) is 38.7 Å². The molecule has 4 aromatic rings. The number of rotatable bonds is 4. The molecule has 0 radical (unpaired) electrons. The molecule has 0 saturated heterocycles. The largest absolute Gasteiger partial charge is 0.465 e. The molecule has 2 aromatic carbocycles. The van der Waals surface area contributed by atoms with Gasteiger partial charge in [0.25, 0.3) is 0 Å². The summed E-state index contributed by atoms with van der Waals surface area (Å²) in [6.45, 7) is 4.29. The van der Waals surface area contributed by atoms with Gasteiger partial charge < -0.3 is 15.0 Å². The number of nitrogens with zero attached hydrogens (tertiary/aromatic N) is 4. The van der Waals surface area contributed by atoms with Gasteiger partial charge in [-0.2, -0.15) is 10.5 Å². The monoisotopic (exact) mass is 485 g/mol. The highest BCUT2D eigenvalue weighted by atomic mass is 16.5. The molecule has 7 heteroatoms. The fourth-order valence-corrected chi connectivity index (χ4v) is 4.98. The van der Waals surface area contributed by atoms with Gasteiger partial charge in [0.1, 0.15) is 18.0 Å². The molecule has 0 aliphatic heterocycles. The predicted octanol–water partition coefficient (Wildman–Crippen LogP) is 5.48. The number of nitrogens with two attached hydrogens (primary N) is 1. The molecule has 0 unspecified atom stereocenters. The van der Waals surface area contributed by atoms with Crippen LogP contribution in [0.3, 0.4) is 0 Å². The number of benzene rings is 2. The number of hydrogen-bond donors (Lipinski definition) is 1. The minimum atomic E-state index is -0.374. The third kappa shape index (κ3) is 3.84. The number of carbonyl (C=O) groups is 1. The van der Waals surface area contributed by atoms with Crippen molar-refractivity contribution in [2.75, 3.05) is 12.8 Å². The Morgan fingerprint density at radius 2 is 1.92 bits per heavy atom. The lowest BCUT2D eigenvalue weighted by Gasteiger charge is -2.10. The molecule has 0 saturated carbocycles. The summed E-state index contributed by atoms with van der Waals surface area (Å²) in [5.41, 5.74) is 13.9. The van der Waals surface area contributed by atoms with Gasteiger partial charge >= 0.3 is 5.97 Å². The van der Waals surface area contributed by atoms with Crippen molar-refractivity contribution in [1.29, 1.82) is 10.5 Å². The van der Waals surface area contributed by atoms with Gasteiger partial charge in [-0.05, 0) is 60.4 Å². The van der Waals surface area contributed by atoms with E-state index in [-0.39, 0.29) is 11.8 Å². The fraction of sp³-hybridized carbons (Fsp3) is 0.133. The van der Waals surface area contributed by atoms with Crippen molar-refractivity contribution in [3.05, 3.63) is 99.4 Å². The van der Waals surface area contributed by atoms with E-state index in [1.807, 2.05) is 50.3 Å². The summed E-state index contributed by atoms with van der Waals surface area (Å²) >= 11 is 0. The molecule has 2 aromatic heterocycles. The highest BCUT2D eigenvalue weighted by Gasteiger charge is 2.30. The van der Waals surface area contributed by atoms with Gasteiger partial charge in [0.15, 0.2) is 0 Å². The second-order valence-corrected chi connectivity index (χ2v) is 8.92. The number of anilines is 1. The standard InChI is InChI=1S/C30H23N5O2/c1-17-23(27-18(2)25(14-32)29(33)34-28(27)24(17)13-31)12-21-16-35(26-10-5-4-9-22(21)26)15-19-7-6-8-20(11-19)30(36)37-3/h4-12,16H,15H2,1-3H3,(H2,33,34). The third-order valence-electron chi connectivity index (χ3n) is 6.80. The highest BCUT2D eigenvalue weighted by molar-refractivity contribution is 6.10. The van der Waals surface area contributed by atoms with E-state index in [0.29, 0.717) is 34.5 Å². The first-order valence-electron chi connectivity index (χ1n) is 11.7. The quantitative estimate of drug-likeness (QED) is 0.382. The number of ether oxygens (including phenoxy) is 1. The van der Waals surface area contributed by atoms with Gasteiger partial charge in [0, 0.05) is 34.8 Å². The summed E-state index contributed by atoms with van der Waals surface area (Å²) < 4.78 is 7.00. The van der Waals surface area contributed by atoms with Gasteiger partial charge in [0.2, 0.25) is 0 Å². The fourth-order valence-electron chi connectivity index (χ4n) is 4.98. The molecule has 0 atom stereocenters. The van der Waals surface area contributed by atoms with Crippen LogP contribution in [0.4, 0.5) is 5.82 Å². The Morgan fingerprint density at radius 3 is 2.65 bits per heavy atom. The average Bonchev–Trinajstić information content (AvgIpc) is 3.38. The van der Waals surface area contributed by atoms with Gasteiger partial charge in [0.05, 0.1) is 29.5 Å². The summed E-state index contributed by atoms with van der Waals surface area (Å²) in [4.78, 5) is 16.4. The third-order valence-corrected chi connectivity index (χ3v) is 6.80. The maximum Gasteiger partial charge on any atom is 0.337 e. The first-order valence-corrected chi connectivity index (χ1v) is 11.7. The van der Waals surface area contributed by atoms with E-state index in [9.17, 15) is 15.3 Å². The molecule has 1 aliphatic carbocycles. The summed E-state index contributed by atoms with van der Waals surface area (Å²) in [7, 11) is 1.37. The number of hydrogen-bond acceptors (Lipinski definition) is 6. The molecule has 37 heavy (non-hydrogen) atoms. The number of carbonyl (C=O) groups excluding carboxylic acids is 1. The van der Waals surface area contributed by atoms with Crippen LogP contribution in [-0.2, 0) is 11.3 Å². The number of esters is 1. The van der Waals surface area contributed by atoms with Crippen molar-refractivity contribution < 1.29 is 9.53 Å². The van der Waals surface area contributed by atoms with Gasteiger partial charge in [-0.1, -0.05) is 30.3 Å². The summed E-state index contributed by atoms with van der Waals surface area (Å²) in [6, 6.07) is 19.9. The number of nitrogen functional groups attached to an aromatic ring is 1. The van der Waals surface area contributed by atoms with E-state index in [4.69, 9.17) is 10.5 Å². The number of allylic oxidation sites excluding steroid dienone is 3. The van der Waals surface area contributed by atoms with E-state index >= 15 is 0 Å². The maximum atomic E-state index is 12.0. The predicted molar refractivity (Wildman–Crippen MR) is 143 cm³/mol. The van der Waals surface area contributed by atoms with Crippen molar-refractivity contribution >= 4 is 39.9 Å². The average molecular weight is 486 g/mol. The van der Waals surface area contributed by atoms with E-state index in [1.54, 1.807) is 6.07 Å². The molecule has 0 spiro atoms. The summed E-state index contributed by atoms with van der Waals surface area (Å²) in [6.07, 6.45) is 4.11. The Balaban J connectivity index is 1.67. The Kier molecular flexibility index (Phi) is 5.83. The lowest BCUT2D eigenvalue weighted by molar-refractivity contribution is 0.0600. The summed E-state index contributed by atoms with van der Waals surface area (Å²) in [5, 5.41) is 20.6. The molecule has 2 heterocycles. The van der Waals surface area contributed by atoms with Crippen molar-refractivity contribution in [3.63, 3.8) is 0 Å². The molecule has 180 valence electrons. The zero-order valence-corrected chi connectivity index (χ0v) is 20.7. The van der Waals surface area contributed by atoms with E-state index in [2.05, 4.69) is 40.0 Å². The molecule has 7 nitrogen and oxygen atoms in total. The Morgan fingerprint density at radius 1 is 1.14 bits per heavy atom. The number of nitriles is 2. The number of fused-ring (bicyclic) bond motifs is 2. The minimum absolute atomic E-state index is 0.131. The van der Waals surface area contributed by atoms with Crippen LogP contribution in [0.25, 0.3) is 28.1 Å². The van der Waals surface area contributed by atoms with Crippen molar-refractivity contribution in [2.45, 2.75) is 20.4 Å². The van der Waals surface area contributed by atoms with Crippen LogP contribution in [-0.4, -0.2) is 22.6 Å². The molecule has 0 fully saturated rings. The topological polar surface area (TPSA) is 118 Å². The van der Waals surface area contributed by atoms with Crippen molar-refractivity contribution in [3.8, 4) is 12.1 Å². The number of aromatic nitrogens is 2. The first kappa shape index (κ1) is 23.6. The maximum absolute atomic E-state index is 12.0. The normalized spacial score (nSPS) is 13.5. The Hall–Kier alpha value is -5.14. The van der Waals surface area contributed by atoms with Crippen LogP contribution < -0.4 is 5.73 Å². The van der Waals surface area contributed by atoms with Crippen LogP contribution in [0.2, 0.25) is 0 Å². The molecule has 0 amide bonds. The zero-order chi connectivity index (χ0) is 26.3. The number of pyridine rings is 1. The van der Waals surface area contributed by atoms with Crippen LogP contribution in [0, 0.1) is 29.6 Å². The van der Waals surface area contributed by atoms with Crippen molar-refractivity contribution in [2.24, 2.45) is 0 Å². The van der Waals surface area contributed by atoms with E-state index in [1.165, 1.54) is 7.11 Å². The zero-order valence-electron chi connectivity index (χ0n) is 20.7. The molecule has 2 N–H and O–H groups in total. The molecular formula is C30H23N5O2. The Bertz CT molecular complexity index is 1760. The van der Waals surface area contributed by atoms with Crippen LogP contribution in [0.5, 0.6) is 0 Å². The first-order chi connectivity index (χ1) is 17.9. The lowest BCUT2D eigenvalue weighted by Crippen LogP contribution is -2.04. The molecule has 0 bridgehead atoms.